The molecule has 1 aromatic carbocycles. The highest BCUT2D eigenvalue weighted by molar-refractivity contribution is 6.31. The van der Waals surface area contributed by atoms with Crippen LogP contribution < -0.4 is 15.4 Å². The lowest BCUT2D eigenvalue weighted by molar-refractivity contribution is -0.137. The Morgan fingerprint density at radius 2 is 2.08 bits per heavy atom. The van der Waals surface area contributed by atoms with Crippen molar-refractivity contribution in [2.24, 2.45) is 5.73 Å². The summed E-state index contributed by atoms with van der Waals surface area (Å²) in [4.78, 5) is 17.3. The second kappa shape index (κ2) is 7.03. The maximum atomic E-state index is 12.6. The molecule has 1 saturated heterocycles. The van der Waals surface area contributed by atoms with E-state index in [1.165, 1.54) is 12.1 Å². The van der Waals surface area contributed by atoms with Gasteiger partial charge in [0.05, 0.1) is 17.7 Å². The van der Waals surface area contributed by atoms with Gasteiger partial charge in [0.15, 0.2) is 0 Å². The predicted octanol–water partition coefficient (Wildman–Crippen LogP) is 3.51. The molecule has 5 nitrogen and oxygen atoms in total. The number of aromatic nitrogens is 1. The Balaban J connectivity index is 1.69. The van der Waals surface area contributed by atoms with Gasteiger partial charge in [0, 0.05) is 35.9 Å². The smallest absolute Gasteiger partial charge is 0.417 e. The van der Waals surface area contributed by atoms with E-state index in [9.17, 15) is 18.0 Å². The highest BCUT2D eigenvalue weighted by atomic mass is 35.5. The standard InChI is InChI=1S/C17H15ClF3N3O2/c18-11-2-3-14(13(7-11)16(22)25)24-6-5-12(9-24)26-15-4-1-10(8-23-15)17(19,20)21/h1-4,7-8,12H,5-6,9H2,(H2,22,25). The number of carbonyl (C=O) groups is 1. The van der Waals surface area contributed by atoms with Gasteiger partial charge < -0.3 is 15.4 Å². The van der Waals surface area contributed by atoms with E-state index in [0.717, 1.165) is 12.3 Å². The van der Waals surface area contributed by atoms with E-state index >= 15 is 0 Å². The Labute approximate surface area is 152 Å². The molecule has 1 amide bonds. The summed E-state index contributed by atoms with van der Waals surface area (Å²) >= 11 is 5.91. The number of pyridine rings is 1. The molecule has 1 aliphatic rings. The van der Waals surface area contributed by atoms with Crippen LogP contribution in [0.4, 0.5) is 18.9 Å². The van der Waals surface area contributed by atoms with Gasteiger partial charge in [0.2, 0.25) is 5.88 Å². The van der Waals surface area contributed by atoms with E-state index in [1.807, 2.05) is 4.90 Å². The third-order valence-corrected chi connectivity index (χ3v) is 4.30. The first-order valence-electron chi connectivity index (χ1n) is 7.78. The molecule has 138 valence electrons. The first-order valence-corrected chi connectivity index (χ1v) is 8.16. The number of anilines is 1. The minimum atomic E-state index is -4.44. The summed E-state index contributed by atoms with van der Waals surface area (Å²) in [5.74, 6) is -0.465. The summed E-state index contributed by atoms with van der Waals surface area (Å²) in [6.07, 6.45) is -3.33. The number of carbonyl (C=O) groups excluding carboxylic acids is 1. The average molecular weight is 386 g/mol. The number of alkyl halides is 3. The maximum Gasteiger partial charge on any atom is 0.417 e. The lowest BCUT2D eigenvalue weighted by atomic mass is 10.1. The number of ether oxygens (including phenoxy) is 1. The number of amides is 1. The van der Waals surface area contributed by atoms with Crippen molar-refractivity contribution in [1.82, 2.24) is 4.98 Å². The summed E-state index contributed by atoms with van der Waals surface area (Å²) in [7, 11) is 0. The zero-order chi connectivity index (χ0) is 18.9. The molecular formula is C17H15ClF3N3O2. The average Bonchev–Trinajstić information content (AvgIpc) is 3.02. The van der Waals surface area contributed by atoms with E-state index in [2.05, 4.69) is 4.98 Å². The highest BCUT2D eigenvalue weighted by Gasteiger charge is 2.31. The largest absolute Gasteiger partial charge is 0.472 e. The summed E-state index contributed by atoms with van der Waals surface area (Å²) in [6, 6.07) is 7.00. The maximum absolute atomic E-state index is 12.6. The third-order valence-electron chi connectivity index (χ3n) is 4.06. The topological polar surface area (TPSA) is 68.5 Å². The van der Waals surface area contributed by atoms with Crippen molar-refractivity contribution in [3.8, 4) is 5.88 Å². The lowest BCUT2D eigenvalue weighted by Crippen LogP contribution is -2.27. The minimum absolute atomic E-state index is 0.121. The van der Waals surface area contributed by atoms with Crippen molar-refractivity contribution in [3.63, 3.8) is 0 Å². The zero-order valence-electron chi connectivity index (χ0n) is 13.5. The number of rotatable bonds is 4. The van der Waals surface area contributed by atoms with Crippen molar-refractivity contribution >= 4 is 23.2 Å². The Kier molecular flexibility index (Phi) is 4.95. The number of benzene rings is 1. The van der Waals surface area contributed by atoms with Gasteiger partial charge in [-0.1, -0.05) is 11.6 Å². The SMILES string of the molecule is NC(=O)c1cc(Cl)ccc1N1CCC(Oc2ccc(C(F)(F)F)cn2)C1. The van der Waals surface area contributed by atoms with Crippen LogP contribution in [0.2, 0.25) is 5.02 Å². The summed E-state index contributed by atoms with van der Waals surface area (Å²) < 4.78 is 43.3. The van der Waals surface area contributed by atoms with Gasteiger partial charge in [-0.05, 0) is 24.3 Å². The molecule has 9 heteroatoms. The van der Waals surface area contributed by atoms with Crippen LogP contribution in [-0.2, 0) is 6.18 Å². The van der Waals surface area contributed by atoms with Crippen molar-refractivity contribution < 1.29 is 22.7 Å². The van der Waals surface area contributed by atoms with E-state index in [1.54, 1.807) is 12.1 Å². The second-order valence-corrected chi connectivity index (χ2v) is 6.32. The molecule has 2 heterocycles. The molecule has 2 aromatic rings. The molecule has 1 unspecified atom stereocenters. The van der Waals surface area contributed by atoms with E-state index in [-0.39, 0.29) is 12.0 Å². The monoisotopic (exact) mass is 385 g/mol. The van der Waals surface area contributed by atoms with E-state index in [0.29, 0.717) is 35.8 Å². The normalized spacial score (nSPS) is 17.4. The fourth-order valence-electron chi connectivity index (χ4n) is 2.81. The number of primary amides is 1. The fraction of sp³-hybridized carbons (Fsp3) is 0.294. The van der Waals surface area contributed by atoms with Gasteiger partial charge in [-0.2, -0.15) is 13.2 Å². The molecule has 3 rings (SSSR count). The van der Waals surface area contributed by atoms with Gasteiger partial charge in [0.1, 0.15) is 6.10 Å². The van der Waals surface area contributed by atoms with E-state index in [4.69, 9.17) is 22.1 Å². The predicted molar refractivity (Wildman–Crippen MR) is 90.5 cm³/mol. The summed E-state index contributed by atoms with van der Waals surface area (Å²) in [5, 5.41) is 0.406. The lowest BCUT2D eigenvalue weighted by Gasteiger charge is -2.21. The molecule has 1 fully saturated rings. The highest BCUT2D eigenvalue weighted by Crippen LogP contribution is 2.31. The van der Waals surface area contributed by atoms with Crippen LogP contribution >= 0.6 is 11.6 Å². The van der Waals surface area contributed by atoms with Crippen LogP contribution in [0.5, 0.6) is 5.88 Å². The number of hydrogen-bond donors (Lipinski definition) is 1. The number of nitrogens with zero attached hydrogens (tertiary/aromatic N) is 2. The minimum Gasteiger partial charge on any atom is -0.472 e. The molecule has 0 spiro atoms. The van der Waals surface area contributed by atoms with Crippen LogP contribution in [0.3, 0.4) is 0 Å². The van der Waals surface area contributed by atoms with Crippen molar-refractivity contribution in [3.05, 3.63) is 52.7 Å². The second-order valence-electron chi connectivity index (χ2n) is 5.88. The van der Waals surface area contributed by atoms with Gasteiger partial charge in [0.25, 0.3) is 5.91 Å². The third kappa shape index (κ3) is 4.01. The first kappa shape index (κ1) is 18.3. The van der Waals surface area contributed by atoms with Crippen LogP contribution in [-0.4, -0.2) is 30.1 Å². The van der Waals surface area contributed by atoms with Crippen LogP contribution in [0.1, 0.15) is 22.3 Å². The fourth-order valence-corrected chi connectivity index (χ4v) is 2.99. The first-order chi connectivity index (χ1) is 12.2. The van der Waals surface area contributed by atoms with E-state index < -0.39 is 17.6 Å². The van der Waals surface area contributed by atoms with Gasteiger partial charge in [-0.25, -0.2) is 4.98 Å². The summed E-state index contributed by atoms with van der Waals surface area (Å²) in [6.45, 7) is 1.05. The van der Waals surface area contributed by atoms with Gasteiger partial charge in [-0.3, -0.25) is 4.79 Å². The molecule has 0 saturated carbocycles. The molecule has 1 aromatic heterocycles. The molecule has 1 aliphatic heterocycles. The van der Waals surface area contributed by atoms with Gasteiger partial charge >= 0.3 is 6.18 Å². The Hall–Kier alpha value is -2.48. The summed E-state index contributed by atoms with van der Waals surface area (Å²) in [5.41, 5.74) is 5.53. The van der Waals surface area contributed by atoms with Crippen molar-refractivity contribution in [1.29, 1.82) is 0 Å². The molecule has 0 aliphatic carbocycles. The number of halogens is 4. The molecule has 2 N–H and O–H groups in total. The van der Waals surface area contributed by atoms with Crippen LogP contribution in [0, 0.1) is 0 Å². The zero-order valence-corrected chi connectivity index (χ0v) is 14.2. The Morgan fingerprint density at radius 3 is 2.69 bits per heavy atom. The molecule has 26 heavy (non-hydrogen) atoms. The van der Waals surface area contributed by atoms with Crippen LogP contribution in [0.25, 0.3) is 0 Å². The quantitative estimate of drug-likeness (QED) is 0.874. The van der Waals surface area contributed by atoms with Gasteiger partial charge in [-0.15, -0.1) is 0 Å². The molecule has 0 radical (unpaired) electrons. The number of nitrogens with two attached hydrogens (primary N) is 1. The molecule has 0 bridgehead atoms. The van der Waals surface area contributed by atoms with Crippen molar-refractivity contribution in [2.75, 3.05) is 18.0 Å². The molecule has 1 atom stereocenters. The van der Waals surface area contributed by atoms with Crippen molar-refractivity contribution in [2.45, 2.75) is 18.7 Å². The Morgan fingerprint density at radius 1 is 1.31 bits per heavy atom. The van der Waals surface area contributed by atoms with Crippen LogP contribution in [0.15, 0.2) is 36.5 Å². The number of hydrogen-bond acceptors (Lipinski definition) is 4. The molecular weight excluding hydrogens is 371 g/mol. The Bertz CT molecular complexity index is 812.